The fraction of sp³-hybridized carbons (Fsp3) is 1.00. The van der Waals surface area contributed by atoms with Crippen LogP contribution in [-0.2, 0) is 9.47 Å². The number of hydrogen-bond acceptors (Lipinski definition) is 3. The van der Waals surface area contributed by atoms with Crippen molar-refractivity contribution in [1.82, 2.24) is 5.32 Å². The third kappa shape index (κ3) is 6.72. The van der Waals surface area contributed by atoms with Crippen molar-refractivity contribution in [2.24, 2.45) is 5.92 Å². The number of nitrogens with one attached hydrogen (secondary N) is 1. The molecule has 2 unspecified atom stereocenters. The molecule has 0 radical (unpaired) electrons. The van der Waals surface area contributed by atoms with Gasteiger partial charge in [-0.3, -0.25) is 0 Å². The van der Waals surface area contributed by atoms with E-state index in [2.05, 4.69) is 39.9 Å². The molecule has 2 atom stereocenters. The quantitative estimate of drug-likeness (QED) is 0.653. The maximum absolute atomic E-state index is 5.67. The number of ether oxygens (including phenoxy) is 2. The molecule has 0 aromatic carbocycles. The maximum Gasteiger partial charge on any atom is 0.0747 e. The summed E-state index contributed by atoms with van der Waals surface area (Å²) in [6, 6.07) is 0.407. The van der Waals surface area contributed by atoms with Gasteiger partial charge in [-0.05, 0) is 45.6 Å². The second kappa shape index (κ2) is 8.89. The Kier molecular flexibility index (Phi) is 8.83. The van der Waals surface area contributed by atoms with Gasteiger partial charge < -0.3 is 14.8 Å². The highest BCUT2D eigenvalue weighted by Gasteiger charge is 2.26. The van der Waals surface area contributed by atoms with Crippen LogP contribution in [0.4, 0.5) is 0 Å². The molecule has 1 N–H and O–H groups in total. The highest BCUT2D eigenvalue weighted by atomic mass is 16.5. The molecular formula is C15H33NO2. The molecule has 0 saturated heterocycles. The molecule has 0 saturated carbocycles. The molecule has 0 aliphatic carbocycles. The van der Waals surface area contributed by atoms with Gasteiger partial charge in [0.15, 0.2) is 0 Å². The van der Waals surface area contributed by atoms with E-state index in [1.165, 1.54) is 0 Å². The Morgan fingerprint density at radius 2 is 1.78 bits per heavy atom. The Labute approximate surface area is 114 Å². The first-order valence-electron chi connectivity index (χ1n) is 7.19. The first-order valence-corrected chi connectivity index (χ1v) is 7.19. The molecule has 0 fully saturated rings. The molecule has 0 aromatic rings. The summed E-state index contributed by atoms with van der Waals surface area (Å²) in [5.74, 6) is 0.523. The molecule has 3 heteroatoms. The Hall–Kier alpha value is -0.120. The molecule has 0 bridgehead atoms. The van der Waals surface area contributed by atoms with Gasteiger partial charge in [0.25, 0.3) is 0 Å². The lowest BCUT2D eigenvalue weighted by Gasteiger charge is -2.32. The molecule has 18 heavy (non-hydrogen) atoms. The van der Waals surface area contributed by atoms with Crippen LogP contribution in [0.25, 0.3) is 0 Å². The summed E-state index contributed by atoms with van der Waals surface area (Å²) in [5.41, 5.74) is -0.0542. The normalized spacial score (nSPS) is 16.0. The fourth-order valence-corrected chi connectivity index (χ4v) is 2.22. The average Bonchev–Trinajstić information content (AvgIpc) is 2.32. The van der Waals surface area contributed by atoms with E-state index in [0.717, 1.165) is 25.8 Å². The fourth-order valence-electron chi connectivity index (χ4n) is 2.22. The van der Waals surface area contributed by atoms with Gasteiger partial charge in [0.2, 0.25) is 0 Å². The van der Waals surface area contributed by atoms with Crippen LogP contribution >= 0.6 is 0 Å². The largest absolute Gasteiger partial charge is 0.380 e. The lowest BCUT2D eigenvalue weighted by Crippen LogP contribution is -2.45. The van der Waals surface area contributed by atoms with Crippen molar-refractivity contribution in [2.75, 3.05) is 20.8 Å². The molecule has 0 aliphatic heterocycles. The first-order chi connectivity index (χ1) is 8.37. The zero-order chi connectivity index (χ0) is 14.2. The van der Waals surface area contributed by atoms with Gasteiger partial charge in [0.05, 0.1) is 11.7 Å². The highest BCUT2D eigenvalue weighted by Crippen LogP contribution is 2.21. The summed E-state index contributed by atoms with van der Waals surface area (Å²) in [4.78, 5) is 0. The van der Waals surface area contributed by atoms with Gasteiger partial charge in [-0.15, -0.1) is 0 Å². The third-order valence-corrected chi connectivity index (χ3v) is 3.59. The minimum absolute atomic E-state index is 0.0542. The van der Waals surface area contributed by atoms with E-state index in [4.69, 9.17) is 9.47 Å². The standard InChI is InChI=1S/C15H33NO2/c1-8-11-16-13(14(17-6)12(2)3)9-10-15(4,5)18-7/h12-14,16H,8-11H2,1-7H3. The summed E-state index contributed by atoms with van der Waals surface area (Å²) in [6.45, 7) is 12.0. The van der Waals surface area contributed by atoms with E-state index in [1.807, 2.05) is 7.11 Å². The van der Waals surface area contributed by atoms with E-state index in [0.29, 0.717) is 12.0 Å². The average molecular weight is 259 g/mol. The lowest BCUT2D eigenvalue weighted by atomic mass is 9.91. The first kappa shape index (κ1) is 17.9. The number of methoxy groups -OCH3 is 2. The monoisotopic (exact) mass is 259 g/mol. The van der Waals surface area contributed by atoms with Crippen molar-refractivity contribution >= 4 is 0 Å². The zero-order valence-electron chi connectivity index (χ0n) is 13.4. The van der Waals surface area contributed by atoms with Crippen molar-refractivity contribution in [3.8, 4) is 0 Å². The Morgan fingerprint density at radius 1 is 1.17 bits per heavy atom. The van der Waals surface area contributed by atoms with Crippen LogP contribution in [0.5, 0.6) is 0 Å². The summed E-state index contributed by atoms with van der Waals surface area (Å²) < 4.78 is 11.2. The molecule has 0 aromatic heterocycles. The summed E-state index contributed by atoms with van der Waals surface area (Å²) in [5, 5.41) is 3.62. The van der Waals surface area contributed by atoms with E-state index < -0.39 is 0 Å². The number of rotatable bonds is 10. The molecule has 3 nitrogen and oxygen atoms in total. The van der Waals surface area contributed by atoms with Gasteiger partial charge in [0.1, 0.15) is 0 Å². The van der Waals surface area contributed by atoms with E-state index >= 15 is 0 Å². The van der Waals surface area contributed by atoms with Crippen LogP contribution in [0.2, 0.25) is 0 Å². The highest BCUT2D eigenvalue weighted by molar-refractivity contribution is 4.82. The molecular weight excluding hydrogens is 226 g/mol. The minimum Gasteiger partial charge on any atom is -0.380 e. The van der Waals surface area contributed by atoms with Crippen LogP contribution in [0, 0.1) is 5.92 Å². The predicted octanol–water partition coefficient (Wildman–Crippen LogP) is 3.23. The van der Waals surface area contributed by atoms with Crippen LogP contribution in [0.1, 0.15) is 53.9 Å². The summed E-state index contributed by atoms with van der Waals surface area (Å²) in [6.07, 6.45) is 3.54. The van der Waals surface area contributed by atoms with Crippen LogP contribution in [-0.4, -0.2) is 38.5 Å². The van der Waals surface area contributed by atoms with Gasteiger partial charge in [-0.1, -0.05) is 20.8 Å². The summed E-state index contributed by atoms with van der Waals surface area (Å²) in [7, 11) is 3.59. The van der Waals surface area contributed by atoms with E-state index in [-0.39, 0.29) is 11.7 Å². The van der Waals surface area contributed by atoms with Gasteiger partial charge >= 0.3 is 0 Å². The number of hydrogen-bond donors (Lipinski definition) is 1. The van der Waals surface area contributed by atoms with Gasteiger partial charge in [-0.2, -0.15) is 0 Å². The van der Waals surface area contributed by atoms with Crippen molar-refractivity contribution in [1.29, 1.82) is 0 Å². The summed E-state index contributed by atoms with van der Waals surface area (Å²) >= 11 is 0. The van der Waals surface area contributed by atoms with E-state index in [1.54, 1.807) is 7.11 Å². The molecule has 0 amide bonds. The smallest absolute Gasteiger partial charge is 0.0747 e. The SMILES string of the molecule is CCCNC(CCC(C)(C)OC)C(OC)C(C)C. The van der Waals surface area contributed by atoms with Crippen molar-refractivity contribution < 1.29 is 9.47 Å². The maximum atomic E-state index is 5.67. The third-order valence-electron chi connectivity index (χ3n) is 3.59. The Morgan fingerprint density at radius 3 is 2.17 bits per heavy atom. The van der Waals surface area contributed by atoms with Crippen LogP contribution in [0.15, 0.2) is 0 Å². The van der Waals surface area contributed by atoms with Crippen LogP contribution < -0.4 is 5.32 Å². The molecule has 0 rings (SSSR count). The minimum atomic E-state index is -0.0542. The van der Waals surface area contributed by atoms with Crippen LogP contribution in [0.3, 0.4) is 0 Å². The van der Waals surface area contributed by atoms with E-state index in [9.17, 15) is 0 Å². The van der Waals surface area contributed by atoms with Crippen molar-refractivity contribution in [2.45, 2.75) is 71.6 Å². The Balaban J connectivity index is 4.47. The topological polar surface area (TPSA) is 30.5 Å². The predicted molar refractivity (Wildman–Crippen MR) is 78.0 cm³/mol. The molecule has 0 spiro atoms. The van der Waals surface area contributed by atoms with Gasteiger partial charge in [-0.25, -0.2) is 0 Å². The zero-order valence-corrected chi connectivity index (χ0v) is 13.4. The van der Waals surface area contributed by atoms with Crippen molar-refractivity contribution in [3.05, 3.63) is 0 Å². The lowest BCUT2D eigenvalue weighted by molar-refractivity contribution is -0.00557. The van der Waals surface area contributed by atoms with Crippen molar-refractivity contribution in [3.63, 3.8) is 0 Å². The second-order valence-electron chi connectivity index (χ2n) is 6.01. The Bertz CT molecular complexity index is 205. The molecule has 0 aliphatic rings. The molecule has 110 valence electrons. The molecule has 0 heterocycles. The van der Waals surface area contributed by atoms with Gasteiger partial charge in [0, 0.05) is 20.3 Å². The second-order valence-corrected chi connectivity index (χ2v) is 6.01.